The first-order valence-electron chi connectivity index (χ1n) is 8.52. The molecule has 1 saturated carbocycles. The molecule has 1 heterocycles. The number of hydrogen-bond donors (Lipinski definition) is 0. The minimum absolute atomic E-state index is 0.00685. The maximum absolute atomic E-state index is 13.0. The minimum Gasteiger partial charge on any atom is -0.335 e. The van der Waals surface area contributed by atoms with Gasteiger partial charge in [-0.2, -0.15) is 0 Å². The fourth-order valence-electron chi connectivity index (χ4n) is 3.53. The molecule has 1 aliphatic carbocycles. The highest BCUT2D eigenvalue weighted by atomic mass is 32.2. The van der Waals surface area contributed by atoms with Crippen LogP contribution in [0.1, 0.15) is 44.2 Å². The largest absolute Gasteiger partial charge is 0.335 e. The van der Waals surface area contributed by atoms with Crippen LogP contribution in [-0.2, 0) is 14.6 Å². The van der Waals surface area contributed by atoms with E-state index in [1.54, 1.807) is 0 Å². The Balaban J connectivity index is 1.78. The molecule has 2 fully saturated rings. The van der Waals surface area contributed by atoms with Crippen LogP contribution in [0.3, 0.4) is 0 Å². The lowest BCUT2D eigenvalue weighted by Crippen LogP contribution is -2.42. The Kier molecular flexibility index (Phi) is 4.76. The molecule has 2 atom stereocenters. The molecule has 0 radical (unpaired) electrons. The molecule has 1 saturated heterocycles. The molecule has 0 aromatic heterocycles. The molecule has 1 amide bonds. The van der Waals surface area contributed by atoms with Gasteiger partial charge in [0.1, 0.15) is 0 Å². The van der Waals surface area contributed by atoms with Gasteiger partial charge in [-0.3, -0.25) is 4.79 Å². The average molecular weight is 335 g/mol. The molecule has 2 aliphatic rings. The lowest BCUT2D eigenvalue weighted by Gasteiger charge is -2.37. The summed E-state index contributed by atoms with van der Waals surface area (Å²) < 4.78 is 23.5. The maximum Gasteiger partial charge on any atom is 0.227 e. The summed E-state index contributed by atoms with van der Waals surface area (Å²) in [6.07, 6.45) is 4.07. The lowest BCUT2D eigenvalue weighted by molar-refractivity contribution is -0.138. The molecular weight excluding hydrogens is 310 g/mol. The first kappa shape index (κ1) is 16.5. The third-order valence-electron chi connectivity index (χ3n) is 5.29. The fourth-order valence-corrected chi connectivity index (χ4v) is 5.26. The third kappa shape index (κ3) is 3.77. The van der Waals surface area contributed by atoms with Gasteiger partial charge in [-0.1, -0.05) is 36.8 Å². The highest BCUT2D eigenvalue weighted by Crippen LogP contribution is 2.32. The number of hydrogen-bond acceptors (Lipinski definition) is 3. The van der Waals surface area contributed by atoms with Crippen molar-refractivity contribution in [2.24, 2.45) is 11.8 Å². The number of sulfone groups is 1. The van der Waals surface area contributed by atoms with E-state index in [1.807, 2.05) is 35.2 Å². The van der Waals surface area contributed by atoms with Gasteiger partial charge in [0.15, 0.2) is 9.84 Å². The molecule has 0 N–H and O–H groups in total. The normalized spacial score (nSPS) is 24.8. The van der Waals surface area contributed by atoms with Gasteiger partial charge < -0.3 is 4.90 Å². The van der Waals surface area contributed by atoms with E-state index in [4.69, 9.17) is 0 Å². The van der Waals surface area contributed by atoms with Crippen molar-refractivity contribution in [2.75, 3.05) is 18.1 Å². The number of nitrogens with zero attached hydrogens (tertiary/aromatic N) is 1. The fraction of sp³-hybridized carbons (Fsp3) is 0.611. The first-order chi connectivity index (χ1) is 11.0. The zero-order chi connectivity index (χ0) is 16.4. The summed E-state index contributed by atoms with van der Waals surface area (Å²) in [5.41, 5.74) is 1.11. The Morgan fingerprint density at radius 2 is 1.91 bits per heavy atom. The second-order valence-electron chi connectivity index (χ2n) is 6.97. The van der Waals surface area contributed by atoms with Crippen LogP contribution in [0.25, 0.3) is 0 Å². The molecule has 1 aromatic rings. The van der Waals surface area contributed by atoms with E-state index in [0.29, 0.717) is 12.3 Å². The topological polar surface area (TPSA) is 54.5 Å². The Bertz CT molecular complexity index is 652. The predicted molar refractivity (Wildman–Crippen MR) is 90.7 cm³/mol. The summed E-state index contributed by atoms with van der Waals surface area (Å²) >= 11 is 0. The van der Waals surface area contributed by atoms with E-state index in [0.717, 1.165) is 12.1 Å². The first-order valence-corrected chi connectivity index (χ1v) is 10.3. The summed E-state index contributed by atoms with van der Waals surface area (Å²) in [4.78, 5) is 14.9. The van der Waals surface area contributed by atoms with E-state index in [2.05, 4.69) is 6.92 Å². The number of benzene rings is 1. The number of carbonyl (C=O) groups excluding carboxylic acids is 1. The summed E-state index contributed by atoms with van der Waals surface area (Å²) in [5, 5.41) is 0. The van der Waals surface area contributed by atoms with Gasteiger partial charge in [-0.15, -0.1) is 0 Å². The average Bonchev–Trinajstić information content (AvgIpc) is 2.86. The maximum atomic E-state index is 13.0. The standard InChI is InChI=1S/C18H25NO3S/c1-14(16-8-3-2-4-9-16)19(12-15-6-5-7-15)18(20)17-10-11-23(21,22)13-17/h2-4,8-9,14-15,17H,5-7,10-13H2,1H3/t14-,17+/m0/s1. The Morgan fingerprint density at radius 1 is 1.22 bits per heavy atom. The van der Waals surface area contributed by atoms with Crippen molar-refractivity contribution < 1.29 is 13.2 Å². The van der Waals surface area contributed by atoms with Crippen LogP contribution < -0.4 is 0 Å². The lowest BCUT2D eigenvalue weighted by atomic mass is 9.84. The van der Waals surface area contributed by atoms with Crippen molar-refractivity contribution in [3.63, 3.8) is 0 Å². The summed E-state index contributed by atoms with van der Waals surface area (Å²) in [6.45, 7) is 2.81. The SMILES string of the molecule is C[C@@H](c1ccccc1)N(CC1CCC1)C(=O)[C@@H]1CCS(=O)(=O)C1. The van der Waals surface area contributed by atoms with Crippen molar-refractivity contribution >= 4 is 15.7 Å². The van der Waals surface area contributed by atoms with Crippen LogP contribution in [0.2, 0.25) is 0 Å². The van der Waals surface area contributed by atoms with Crippen molar-refractivity contribution in [1.82, 2.24) is 4.90 Å². The van der Waals surface area contributed by atoms with Crippen molar-refractivity contribution in [2.45, 2.75) is 38.6 Å². The van der Waals surface area contributed by atoms with Crippen LogP contribution in [-0.4, -0.2) is 37.3 Å². The third-order valence-corrected chi connectivity index (χ3v) is 7.06. The Morgan fingerprint density at radius 3 is 2.43 bits per heavy atom. The highest BCUT2D eigenvalue weighted by Gasteiger charge is 2.38. The molecule has 126 valence electrons. The van der Waals surface area contributed by atoms with E-state index in [1.165, 1.54) is 19.3 Å². The molecule has 0 bridgehead atoms. The molecule has 0 unspecified atom stereocenters. The molecule has 1 aliphatic heterocycles. The molecule has 1 aromatic carbocycles. The molecule has 5 heteroatoms. The zero-order valence-corrected chi connectivity index (χ0v) is 14.5. The van der Waals surface area contributed by atoms with E-state index in [-0.39, 0.29) is 29.4 Å². The van der Waals surface area contributed by atoms with Crippen molar-refractivity contribution in [3.05, 3.63) is 35.9 Å². The summed E-state index contributed by atoms with van der Waals surface area (Å²) in [7, 11) is -3.03. The van der Waals surface area contributed by atoms with Crippen LogP contribution in [0.15, 0.2) is 30.3 Å². The van der Waals surface area contributed by atoms with Gasteiger partial charge in [0.05, 0.1) is 23.5 Å². The zero-order valence-electron chi connectivity index (χ0n) is 13.6. The van der Waals surface area contributed by atoms with Crippen molar-refractivity contribution in [1.29, 1.82) is 0 Å². The predicted octanol–water partition coefficient (Wildman–Crippen LogP) is 2.81. The second kappa shape index (κ2) is 6.63. The summed E-state index contributed by atoms with van der Waals surface area (Å²) in [5.74, 6) is 0.415. The van der Waals surface area contributed by atoms with Gasteiger partial charge in [-0.05, 0) is 37.7 Å². The molecule has 4 nitrogen and oxygen atoms in total. The number of carbonyl (C=O) groups is 1. The number of amides is 1. The monoisotopic (exact) mass is 335 g/mol. The minimum atomic E-state index is -3.03. The smallest absolute Gasteiger partial charge is 0.227 e. The van der Waals surface area contributed by atoms with Gasteiger partial charge in [-0.25, -0.2) is 8.42 Å². The van der Waals surface area contributed by atoms with Crippen LogP contribution >= 0.6 is 0 Å². The van der Waals surface area contributed by atoms with Crippen molar-refractivity contribution in [3.8, 4) is 0 Å². The Hall–Kier alpha value is -1.36. The van der Waals surface area contributed by atoms with E-state index in [9.17, 15) is 13.2 Å². The van der Waals surface area contributed by atoms with Gasteiger partial charge in [0, 0.05) is 6.54 Å². The highest BCUT2D eigenvalue weighted by molar-refractivity contribution is 7.91. The van der Waals surface area contributed by atoms with Gasteiger partial charge in [0.2, 0.25) is 5.91 Å². The van der Waals surface area contributed by atoms with Gasteiger partial charge in [0.25, 0.3) is 0 Å². The molecular formula is C18H25NO3S. The Labute approximate surface area is 138 Å². The van der Waals surface area contributed by atoms with E-state index < -0.39 is 9.84 Å². The van der Waals surface area contributed by atoms with Gasteiger partial charge >= 0.3 is 0 Å². The van der Waals surface area contributed by atoms with Crippen LogP contribution in [0.4, 0.5) is 0 Å². The van der Waals surface area contributed by atoms with Crippen LogP contribution in [0.5, 0.6) is 0 Å². The number of rotatable bonds is 5. The van der Waals surface area contributed by atoms with Crippen LogP contribution in [0, 0.1) is 11.8 Å². The second-order valence-corrected chi connectivity index (χ2v) is 9.20. The van der Waals surface area contributed by atoms with E-state index >= 15 is 0 Å². The molecule has 3 rings (SSSR count). The quantitative estimate of drug-likeness (QED) is 0.831. The molecule has 0 spiro atoms. The molecule has 23 heavy (non-hydrogen) atoms. The summed E-state index contributed by atoms with van der Waals surface area (Å²) in [6, 6.07) is 10.0.